The molecule has 2 nitrogen and oxygen atoms in total. The number of halogens is 2. The zero-order chi connectivity index (χ0) is 13.7. The summed E-state index contributed by atoms with van der Waals surface area (Å²) in [4.78, 5) is 4.46. The lowest BCUT2D eigenvalue weighted by Gasteiger charge is -2.05. The van der Waals surface area contributed by atoms with Crippen LogP contribution in [0.25, 0.3) is 0 Å². The number of nitrogens with zero attached hydrogens (tertiary/aromatic N) is 1. The first-order valence-electron chi connectivity index (χ1n) is 5.91. The Morgan fingerprint density at radius 1 is 1.11 bits per heavy atom. The molecule has 0 aliphatic carbocycles. The third kappa shape index (κ3) is 4.45. The van der Waals surface area contributed by atoms with Gasteiger partial charge >= 0.3 is 0 Å². The summed E-state index contributed by atoms with van der Waals surface area (Å²) < 4.78 is 7.83. The molecule has 2 rings (SSSR count). The molecule has 0 unspecified atom stereocenters. The van der Waals surface area contributed by atoms with Crippen LogP contribution in [0.1, 0.15) is 12.5 Å². The van der Waals surface area contributed by atoms with Gasteiger partial charge in [-0.2, -0.15) is 0 Å². The molecular weight excluding hydrogens is 464 g/mol. The molecular formula is C15H13I2NO. The predicted molar refractivity (Wildman–Crippen MR) is 96.7 cm³/mol. The van der Waals surface area contributed by atoms with E-state index >= 15 is 0 Å². The Hall–Kier alpha value is -0.630. The zero-order valence-corrected chi connectivity index (χ0v) is 14.8. The molecule has 0 saturated carbocycles. The fourth-order valence-corrected chi connectivity index (χ4v) is 2.60. The number of aliphatic imine (C=N–C) groups is 1. The Balaban J connectivity index is 2.14. The van der Waals surface area contributed by atoms with Gasteiger partial charge in [0.25, 0.3) is 0 Å². The highest BCUT2D eigenvalue weighted by Crippen LogP contribution is 2.22. The van der Waals surface area contributed by atoms with E-state index in [0.29, 0.717) is 6.61 Å². The molecule has 0 N–H and O–H groups in total. The normalized spacial score (nSPS) is 10.9. The zero-order valence-electron chi connectivity index (χ0n) is 10.4. The average Bonchev–Trinajstić information content (AvgIpc) is 2.41. The molecule has 0 spiro atoms. The maximum atomic E-state index is 5.51. The minimum absolute atomic E-state index is 0.687. The fourth-order valence-electron chi connectivity index (χ4n) is 1.55. The van der Waals surface area contributed by atoms with Crippen LogP contribution in [0.3, 0.4) is 0 Å². The highest BCUT2D eigenvalue weighted by molar-refractivity contribution is 14.1. The number of hydrogen-bond donors (Lipinski definition) is 0. The smallest absolute Gasteiger partial charge is 0.132 e. The fraction of sp³-hybridized carbons (Fsp3) is 0.133. The largest absolute Gasteiger partial charge is 0.493 e. The Morgan fingerprint density at radius 3 is 2.47 bits per heavy atom. The number of rotatable bonds is 4. The van der Waals surface area contributed by atoms with Crippen LogP contribution in [-0.4, -0.2) is 12.8 Å². The first-order chi connectivity index (χ1) is 9.19. The van der Waals surface area contributed by atoms with Crippen LogP contribution in [0.4, 0.5) is 5.69 Å². The van der Waals surface area contributed by atoms with E-state index in [-0.39, 0.29) is 0 Å². The summed E-state index contributed by atoms with van der Waals surface area (Å²) >= 11 is 4.57. The van der Waals surface area contributed by atoms with Crippen molar-refractivity contribution in [2.75, 3.05) is 6.61 Å². The van der Waals surface area contributed by atoms with Gasteiger partial charge in [0.2, 0.25) is 0 Å². The van der Waals surface area contributed by atoms with Crippen molar-refractivity contribution in [2.45, 2.75) is 6.92 Å². The van der Waals surface area contributed by atoms with Gasteiger partial charge in [0.15, 0.2) is 0 Å². The van der Waals surface area contributed by atoms with Crippen LogP contribution in [0.15, 0.2) is 47.5 Å². The van der Waals surface area contributed by atoms with E-state index in [2.05, 4.69) is 68.4 Å². The van der Waals surface area contributed by atoms with E-state index in [0.717, 1.165) is 20.6 Å². The molecule has 0 bridgehead atoms. The number of ether oxygens (including phenoxy) is 1. The van der Waals surface area contributed by atoms with E-state index in [1.165, 1.54) is 3.57 Å². The quantitative estimate of drug-likeness (QED) is 0.447. The van der Waals surface area contributed by atoms with Crippen LogP contribution in [0.5, 0.6) is 5.75 Å². The van der Waals surface area contributed by atoms with Crippen molar-refractivity contribution in [3.63, 3.8) is 0 Å². The summed E-state index contributed by atoms with van der Waals surface area (Å²) in [6.07, 6.45) is 1.88. The van der Waals surface area contributed by atoms with Crippen molar-refractivity contribution in [3.8, 4) is 5.75 Å². The minimum Gasteiger partial charge on any atom is -0.493 e. The average molecular weight is 477 g/mol. The lowest BCUT2D eigenvalue weighted by molar-refractivity contribution is 0.338. The molecule has 2 aromatic rings. The number of hydrogen-bond acceptors (Lipinski definition) is 2. The van der Waals surface area contributed by atoms with E-state index in [1.807, 2.05) is 37.4 Å². The van der Waals surface area contributed by atoms with Crippen molar-refractivity contribution >= 4 is 57.1 Å². The lowest BCUT2D eigenvalue weighted by atomic mass is 10.2. The van der Waals surface area contributed by atoms with Crippen LogP contribution < -0.4 is 4.74 Å². The third-order valence-electron chi connectivity index (χ3n) is 2.45. The topological polar surface area (TPSA) is 21.6 Å². The van der Waals surface area contributed by atoms with Gasteiger partial charge in [0.05, 0.1) is 15.9 Å². The van der Waals surface area contributed by atoms with Gasteiger partial charge in [0, 0.05) is 9.78 Å². The van der Waals surface area contributed by atoms with Gasteiger partial charge < -0.3 is 4.74 Å². The molecule has 0 radical (unpaired) electrons. The van der Waals surface area contributed by atoms with Gasteiger partial charge in [-0.05, 0) is 100 Å². The Morgan fingerprint density at radius 2 is 1.84 bits per heavy atom. The SMILES string of the molecule is CCOc1ccc(C=Nc2ccc(I)cc2)cc1I. The Labute approximate surface area is 140 Å². The van der Waals surface area contributed by atoms with Crippen molar-refractivity contribution in [1.29, 1.82) is 0 Å². The summed E-state index contributed by atoms with van der Waals surface area (Å²) in [5.41, 5.74) is 2.04. The van der Waals surface area contributed by atoms with Crippen LogP contribution in [0, 0.1) is 7.14 Å². The van der Waals surface area contributed by atoms with E-state index in [9.17, 15) is 0 Å². The molecule has 2 aromatic carbocycles. The third-order valence-corrected chi connectivity index (χ3v) is 4.01. The van der Waals surface area contributed by atoms with Gasteiger partial charge in [-0.3, -0.25) is 4.99 Å². The lowest BCUT2D eigenvalue weighted by Crippen LogP contribution is -1.94. The highest BCUT2D eigenvalue weighted by atomic mass is 127. The maximum absolute atomic E-state index is 5.51. The molecule has 0 atom stereocenters. The summed E-state index contributed by atoms with van der Waals surface area (Å²) in [5, 5.41) is 0. The second-order valence-electron chi connectivity index (χ2n) is 3.86. The minimum atomic E-state index is 0.687. The molecule has 0 fully saturated rings. The molecule has 0 saturated heterocycles. The summed E-state index contributed by atoms with van der Waals surface area (Å²) in [7, 11) is 0. The maximum Gasteiger partial charge on any atom is 0.132 e. The molecule has 98 valence electrons. The van der Waals surface area contributed by atoms with Crippen LogP contribution in [-0.2, 0) is 0 Å². The van der Waals surface area contributed by atoms with E-state index < -0.39 is 0 Å². The van der Waals surface area contributed by atoms with E-state index in [4.69, 9.17) is 4.74 Å². The first kappa shape index (κ1) is 14.8. The van der Waals surface area contributed by atoms with Crippen molar-refractivity contribution < 1.29 is 4.74 Å². The Kier molecular flexibility index (Phi) is 5.62. The standard InChI is InChI=1S/C15H13I2NO/c1-2-19-15-8-3-11(9-14(15)17)10-18-13-6-4-12(16)5-7-13/h3-10H,2H2,1H3. The molecule has 0 aliphatic rings. The molecule has 0 aromatic heterocycles. The van der Waals surface area contributed by atoms with Crippen LogP contribution >= 0.6 is 45.2 Å². The molecule has 4 heteroatoms. The Bertz CT molecular complexity index is 579. The van der Waals surface area contributed by atoms with Crippen molar-refractivity contribution in [3.05, 3.63) is 55.2 Å². The molecule has 0 aliphatic heterocycles. The summed E-state index contributed by atoms with van der Waals surface area (Å²) in [6, 6.07) is 14.2. The van der Waals surface area contributed by atoms with Crippen molar-refractivity contribution in [2.24, 2.45) is 4.99 Å². The van der Waals surface area contributed by atoms with E-state index in [1.54, 1.807) is 0 Å². The monoisotopic (exact) mass is 477 g/mol. The van der Waals surface area contributed by atoms with Gasteiger partial charge in [0.1, 0.15) is 5.75 Å². The van der Waals surface area contributed by atoms with Gasteiger partial charge in [-0.25, -0.2) is 0 Å². The van der Waals surface area contributed by atoms with Crippen LogP contribution in [0.2, 0.25) is 0 Å². The summed E-state index contributed by atoms with van der Waals surface area (Å²) in [6.45, 7) is 2.67. The second kappa shape index (κ2) is 7.23. The van der Waals surface area contributed by atoms with Gasteiger partial charge in [-0.15, -0.1) is 0 Å². The second-order valence-corrected chi connectivity index (χ2v) is 6.27. The predicted octanol–water partition coefficient (Wildman–Crippen LogP) is 5.05. The molecule has 0 amide bonds. The van der Waals surface area contributed by atoms with Crippen molar-refractivity contribution in [1.82, 2.24) is 0 Å². The highest BCUT2D eigenvalue weighted by Gasteiger charge is 2.00. The van der Waals surface area contributed by atoms with Gasteiger partial charge in [-0.1, -0.05) is 0 Å². The first-order valence-corrected chi connectivity index (χ1v) is 8.07. The molecule has 19 heavy (non-hydrogen) atoms. The number of benzene rings is 2. The molecule has 0 heterocycles. The summed E-state index contributed by atoms with van der Waals surface area (Å²) in [5.74, 6) is 0.925.